The van der Waals surface area contributed by atoms with Crippen molar-refractivity contribution in [3.05, 3.63) is 131 Å². The number of esters is 1. The number of amides is 1. The maximum Gasteiger partial charge on any atom is 0.309 e. The Morgan fingerprint density at radius 2 is 1.63 bits per heavy atom. The Morgan fingerprint density at radius 1 is 0.977 bits per heavy atom. The zero-order valence-corrected chi connectivity index (χ0v) is 24.4. The lowest BCUT2D eigenvalue weighted by Gasteiger charge is -2.38. The monoisotopic (exact) mass is 575 g/mol. The molecule has 0 spiro atoms. The van der Waals surface area contributed by atoms with Gasteiger partial charge in [0.05, 0.1) is 31.8 Å². The fourth-order valence-electron chi connectivity index (χ4n) is 5.93. The molecule has 1 amide bonds. The molecule has 1 saturated heterocycles. The lowest BCUT2D eigenvalue weighted by molar-refractivity contribution is -0.149. The molecule has 1 fully saturated rings. The lowest BCUT2D eigenvalue weighted by atomic mass is 9.85. The molecule has 2 atom stereocenters. The molecule has 0 unspecified atom stereocenters. The first-order valence-corrected chi connectivity index (χ1v) is 14.7. The molecule has 0 bridgehead atoms. The van der Waals surface area contributed by atoms with Gasteiger partial charge in [-0.2, -0.15) is 0 Å². The van der Waals surface area contributed by atoms with E-state index in [1.165, 1.54) is 18.2 Å². The highest BCUT2D eigenvalue weighted by atomic mass is 16.5. The molecular formula is C35H37N5O3. The van der Waals surface area contributed by atoms with Crippen LogP contribution in [0, 0.1) is 18.4 Å². The summed E-state index contributed by atoms with van der Waals surface area (Å²) in [5.74, 6) is -0.893. The number of hydrogen-bond acceptors (Lipinski definition) is 5. The maximum absolute atomic E-state index is 13.5. The molecule has 0 saturated carbocycles. The van der Waals surface area contributed by atoms with Crippen molar-refractivity contribution in [3.63, 3.8) is 0 Å². The van der Waals surface area contributed by atoms with Crippen LogP contribution < -0.4 is 5.32 Å². The number of imidazole rings is 1. The summed E-state index contributed by atoms with van der Waals surface area (Å²) in [6, 6.07) is 28.3. The second kappa shape index (κ2) is 14.4. The maximum atomic E-state index is 13.5. The van der Waals surface area contributed by atoms with Crippen LogP contribution >= 0.6 is 0 Å². The summed E-state index contributed by atoms with van der Waals surface area (Å²) in [6.07, 6.45) is 4.71. The molecule has 1 aromatic heterocycles. The van der Waals surface area contributed by atoms with E-state index in [0.29, 0.717) is 51.3 Å². The average Bonchev–Trinajstić information content (AvgIpc) is 3.50. The molecule has 4 aromatic rings. The quantitative estimate of drug-likeness (QED) is 0.199. The largest absolute Gasteiger partial charge is 0.469 e. The lowest BCUT2D eigenvalue weighted by Crippen LogP contribution is -2.49. The Labute approximate surface area is 253 Å². The first-order valence-electron chi connectivity index (χ1n) is 14.7. The summed E-state index contributed by atoms with van der Waals surface area (Å²) in [5.41, 5.74) is 5.11. The second-order valence-electron chi connectivity index (χ2n) is 11.1. The fraction of sp³-hybridized carbons (Fsp3) is 0.314. The molecule has 1 aliphatic heterocycles. The summed E-state index contributed by atoms with van der Waals surface area (Å²) in [7, 11) is 1.41. The number of carbonyl (C=O) groups excluding carboxylic acids is 2. The third-order valence-corrected chi connectivity index (χ3v) is 8.17. The van der Waals surface area contributed by atoms with Gasteiger partial charge in [0.1, 0.15) is 0 Å². The Balaban J connectivity index is 1.23. The predicted molar refractivity (Wildman–Crippen MR) is 166 cm³/mol. The van der Waals surface area contributed by atoms with Gasteiger partial charge >= 0.3 is 5.97 Å². The van der Waals surface area contributed by atoms with Crippen molar-refractivity contribution in [3.8, 4) is 0 Å². The number of likely N-dealkylation sites (tertiary alicyclic amines) is 1. The Morgan fingerprint density at radius 3 is 2.26 bits per heavy atom. The van der Waals surface area contributed by atoms with E-state index in [1.807, 2.05) is 66.9 Å². The number of ether oxygens (including phenoxy) is 1. The van der Waals surface area contributed by atoms with Crippen molar-refractivity contribution in [1.29, 1.82) is 0 Å². The number of carbonyl (C=O) groups is 2. The van der Waals surface area contributed by atoms with E-state index in [4.69, 9.17) is 11.3 Å². The van der Waals surface area contributed by atoms with Gasteiger partial charge in [-0.25, -0.2) is 9.83 Å². The Kier molecular flexibility index (Phi) is 9.98. The van der Waals surface area contributed by atoms with Gasteiger partial charge in [-0.05, 0) is 23.1 Å². The normalized spacial score (nSPS) is 16.9. The van der Waals surface area contributed by atoms with Crippen molar-refractivity contribution in [1.82, 2.24) is 19.8 Å². The van der Waals surface area contributed by atoms with Crippen molar-refractivity contribution in [2.75, 3.05) is 33.3 Å². The van der Waals surface area contributed by atoms with Crippen molar-refractivity contribution in [2.24, 2.45) is 11.8 Å². The third kappa shape index (κ3) is 7.76. The topological polar surface area (TPSA) is 80.8 Å². The van der Waals surface area contributed by atoms with E-state index in [1.54, 1.807) is 6.33 Å². The first kappa shape index (κ1) is 29.7. The predicted octanol–water partition coefficient (Wildman–Crippen LogP) is 5.08. The van der Waals surface area contributed by atoms with Crippen LogP contribution in [-0.4, -0.2) is 59.6 Å². The molecule has 8 nitrogen and oxygen atoms in total. The molecule has 5 rings (SSSR count). The molecule has 220 valence electrons. The number of nitrogens with zero attached hydrogens (tertiary/aromatic N) is 4. The highest BCUT2D eigenvalue weighted by Gasteiger charge is 2.36. The van der Waals surface area contributed by atoms with Crippen LogP contribution in [-0.2, 0) is 27.3 Å². The van der Waals surface area contributed by atoms with Gasteiger partial charge in [-0.15, -0.1) is 0 Å². The average molecular weight is 576 g/mol. The minimum absolute atomic E-state index is 0.0460. The van der Waals surface area contributed by atoms with Crippen LogP contribution in [0.1, 0.15) is 34.7 Å². The van der Waals surface area contributed by atoms with Gasteiger partial charge in [0.15, 0.2) is 5.69 Å². The standard InChI is InChI=1S/C35H37N5O3/c1-36-31-15-13-26(14-16-31)21-40-25-37-20-32(40)17-18-38-34(41)29-19-30(35(42)43-2)23-39(22-29)24-33(27-9-5-3-6-10-27)28-11-7-4-8-12-28/h3-16,20,25,29-30,33H,17-19,21-24H2,2H3,(H,38,41)/t29-,30+/m0/s1. The molecule has 0 radical (unpaired) electrons. The summed E-state index contributed by atoms with van der Waals surface area (Å²) in [5, 5.41) is 3.12. The minimum atomic E-state index is -0.364. The summed E-state index contributed by atoms with van der Waals surface area (Å²) < 4.78 is 7.18. The van der Waals surface area contributed by atoms with Gasteiger partial charge in [-0.1, -0.05) is 84.9 Å². The van der Waals surface area contributed by atoms with Crippen LogP contribution in [0.2, 0.25) is 0 Å². The smallest absolute Gasteiger partial charge is 0.309 e. The Bertz CT molecular complexity index is 1490. The number of nitrogens with one attached hydrogen (secondary N) is 1. The summed E-state index contributed by atoms with van der Waals surface area (Å²) in [4.78, 5) is 36.2. The molecule has 43 heavy (non-hydrogen) atoms. The number of hydrogen-bond donors (Lipinski definition) is 1. The van der Waals surface area contributed by atoms with Crippen LogP contribution in [0.5, 0.6) is 0 Å². The molecule has 8 heteroatoms. The van der Waals surface area contributed by atoms with E-state index in [2.05, 4.69) is 48.9 Å². The second-order valence-corrected chi connectivity index (χ2v) is 11.1. The molecule has 2 heterocycles. The summed E-state index contributed by atoms with van der Waals surface area (Å²) >= 11 is 0. The van der Waals surface area contributed by atoms with E-state index >= 15 is 0 Å². The van der Waals surface area contributed by atoms with Gasteiger partial charge in [0.25, 0.3) is 0 Å². The SMILES string of the molecule is [C-]#[N+]c1ccc(Cn2cncc2CCNC(=O)[C@H]2C[C@@H](C(=O)OC)CN(CC(c3ccccc3)c3ccccc3)C2)cc1. The van der Waals surface area contributed by atoms with E-state index in [-0.39, 0.29) is 29.6 Å². The number of aromatic nitrogens is 2. The fourth-order valence-corrected chi connectivity index (χ4v) is 5.93. The first-order chi connectivity index (χ1) is 21.0. The van der Waals surface area contributed by atoms with Crippen LogP contribution in [0.25, 0.3) is 4.85 Å². The van der Waals surface area contributed by atoms with E-state index in [0.717, 1.165) is 11.3 Å². The van der Waals surface area contributed by atoms with Crippen LogP contribution in [0.3, 0.4) is 0 Å². The zero-order chi connectivity index (χ0) is 30.0. The molecular weight excluding hydrogens is 538 g/mol. The van der Waals surface area contributed by atoms with Gasteiger partial charge in [0, 0.05) is 57.0 Å². The third-order valence-electron chi connectivity index (χ3n) is 8.17. The van der Waals surface area contributed by atoms with Crippen LogP contribution in [0.15, 0.2) is 97.5 Å². The molecule has 1 N–H and O–H groups in total. The number of piperidine rings is 1. The van der Waals surface area contributed by atoms with Crippen molar-refractivity contribution in [2.45, 2.75) is 25.3 Å². The molecule has 0 aliphatic carbocycles. The van der Waals surface area contributed by atoms with Crippen molar-refractivity contribution >= 4 is 17.6 Å². The minimum Gasteiger partial charge on any atom is -0.469 e. The number of methoxy groups -OCH3 is 1. The highest BCUT2D eigenvalue weighted by Crippen LogP contribution is 2.30. The molecule has 1 aliphatic rings. The zero-order valence-electron chi connectivity index (χ0n) is 24.4. The van der Waals surface area contributed by atoms with Crippen molar-refractivity contribution < 1.29 is 14.3 Å². The highest BCUT2D eigenvalue weighted by molar-refractivity contribution is 5.80. The van der Waals surface area contributed by atoms with E-state index in [9.17, 15) is 9.59 Å². The number of rotatable bonds is 11. The van der Waals surface area contributed by atoms with Crippen LogP contribution in [0.4, 0.5) is 5.69 Å². The van der Waals surface area contributed by atoms with E-state index < -0.39 is 0 Å². The molecule has 3 aromatic carbocycles. The Hall–Kier alpha value is -4.74. The summed E-state index contributed by atoms with van der Waals surface area (Å²) in [6.45, 7) is 10.1. The van der Waals surface area contributed by atoms with Gasteiger partial charge in [-0.3, -0.25) is 9.59 Å². The number of benzene rings is 3. The van der Waals surface area contributed by atoms with Gasteiger partial charge in [0.2, 0.25) is 5.91 Å². The van der Waals surface area contributed by atoms with Gasteiger partial charge < -0.3 is 19.5 Å².